The summed E-state index contributed by atoms with van der Waals surface area (Å²) in [5, 5.41) is 3.57. The second-order valence-electron chi connectivity index (χ2n) is 21.9. The Bertz CT molecular complexity index is 4830. The normalized spacial score (nSPS) is 14.0. The summed E-state index contributed by atoms with van der Waals surface area (Å²) in [7, 11) is 0. The lowest BCUT2D eigenvalue weighted by molar-refractivity contribution is 0.660. The fraction of sp³-hybridized carbons (Fsp3) is 0.0541. The number of benzene rings is 11. The molecule has 14 aromatic rings. The molecule has 0 saturated carbocycles. The molecule has 0 radical (unpaired) electrons. The van der Waals surface area contributed by atoms with Gasteiger partial charge >= 0.3 is 0 Å². The number of fused-ring (bicyclic) bond motifs is 19. The van der Waals surface area contributed by atoms with Crippen LogP contribution in [0.5, 0.6) is 0 Å². The summed E-state index contributed by atoms with van der Waals surface area (Å²) in [6, 6.07) is 92.6. The quantitative estimate of drug-likeness (QED) is 0.172. The van der Waals surface area contributed by atoms with Crippen LogP contribution in [0.15, 0.2) is 249 Å². The van der Waals surface area contributed by atoms with E-state index in [1.807, 2.05) is 0 Å². The maximum Gasteiger partial charge on any atom is 0.160 e. The average Bonchev–Trinajstić information content (AvgIpc) is 4.35. The molecule has 17 rings (SSSR count). The van der Waals surface area contributed by atoms with Gasteiger partial charge in [-0.3, -0.25) is 0 Å². The number of hydrogen-bond acceptors (Lipinski definition) is 3. The first-order chi connectivity index (χ1) is 38.4. The van der Waals surface area contributed by atoms with Crippen molar-refractivity contribution in [3.63, 3.8) is 0 Å². The van der Waals surface area contributed by atoms with Gasteiger partial charge in [0.25, 0.3) is 0 Å². The minimum Gasteiger partial charge on any atom is -0.309 e. The molecule has 4 heteroatoms. The Balaban J connectivity index is 0.871. The molecule has 0 unspecified atom stereocenters. The summed E-state index contributed by atoms with van der Waals surface area (Å²) in [5.74, 6) is 0.718. The molecule has 78 heavy (non-hydrogen) atoms. The van der Waals surface area contributed by atoms with Crippen molar-refractivity contribution in [2.45, 2.75) is 24.7 Å². The number of aromatic nitrogens is 3. The van der Waals surface area contributed by atoms with Gasteiger partial charge in [0, 0.05) is 43.1 Å². The molecule has 0 amide bonds. The van der Waals surface area contributed by atoms with E-state index in [0.717, 1.165) is 66.1 Å². The Morgan fingerprint density at radius 2 is 0.936 bits per heavy atom. The Labute approximate surface area is 456 Å². The van der Waals surface area contributed by atoms with E-state index >= 15 is 0 Å². The van der Waals surface area contributed by atoms with Gasteiger partial charge in [0.2, 0.25) is 0 Å². The zero-order valence-electron chi connectivity index (χ0n) is 42.9. The second kappa shape index (κ2) is 16.0. The smallest absolute Gasteiger partial charge is 0.160 e. The van der Waals surface area contributed by atoms with Gasteiger partial charge in [0.05, 0.1) is 32.4 Å². The van der Waals surface area contributed by atoms with Crippen molar-refractivity contribution in [1.82, 2.24) is 14.5 Å². The number of hydrogen-bond donors (Lipinski definition) is 0. The van der Waals surface area contributed by atoms with Crippen LogP contribution >= 0.6 is 11.3 Å². The highest BCUT2D eigenvalue weighted by atomic mass is 32.1. The largest absolute Gasteiger partial charge is 0.309 e. The zero-order valence-corrected chi connectivity index (χ0v) is 43.7. The summed E-state index contributed by atoms with van der Waals surface area (Å²) < 4.78 is 4.83. The van der Waals surface area contributed by atoms with Gasteiger partial charge in [0.1, 0.15) is 0 Å². The molecule has 0 fully saturated rings. The van der Waals surface area contributed by atoms with Crippen molar-refractivity contribution in [3.05, 3.63) is 282 Å². The molecule has 11 aromatic carbocycles. The van der Waals surface area contributed by atoms with Gasteiger partial charge in [-0.2, -0.15) is 0 Å². The molecule has 3 aliphatic carbocycles. The molecule has 3 nitrogen and oxygen atoms in total. The molecular weight excluding hydrogens is 963 g/mol. The van der Waals surface area contributed by atoms with Crippen LogP contribution in [-0.2, 0) is 10.8 Å². The van der Waals surface area contributed by atoms with E-state index in [2.05, 4.69) is 267 Å². The van der Waals surface area contributed by atoms with E-state index in [-0.39, 0.29) is 5.41 Å². The standard InChI is InChI=1S/C74H47N3S/c1-73(2)59-28-11-6-22-51(59)55-37-34-47(42-63(55)73)69-71-70(57-26-10-15-33-67(57)78-71)76-72(75-69)48-21-16-20-46(40-48)50-27-17-32-66-68(50)58-41-45(44-18-4-3-5-19-44)35-39-65(58)77(66)49-36-38-56-54-25-9-14-31-62(54)74(64(56)43-49)60-29-12-7-23-52(60)53-24-8-13-30-61(53)74/h3-43H,1-2H3. The van der Waals surface area contributed by atoms with Crippen LogP contribution < -0.4 is 0 Å². The SMILES string of the molecule is CC1(C)c2ccccc2-c2ccc(-c3nc(-c4cccc(-c5cccc6c5c5cc(-c7ccccc7)ccc5n6-c5ccc6c(c5)C5(c7ccccc7-c7ccccc75)c5ccccc5-6)c4)nc4c3sc3ccccc34)cc21. The molecule has 1 spiro atoms. The zero-order chi connectivity index (χ0) is 51.4. The summed E-state index contributed by atoms with van der Waals surface area (Å²) in [5.41, 5.74) is 27.4. The molecule has 0 atom stereocenters. The third-order valence-electron chi connectivity index (χ3n) is 17.6. The first-order valence-corrected chi connectivity index (χ1v) is 27.9. The van der Waals surface area contributed by atoms with Gasteiger partial charge in [-0.25, -0.2) is 9.97 Å². The van der Waals surface area contributed by atoms with Crippen molar-refractivity contribution in [2.75, 3.05) is 0 Å². The van der Waals surface area contributed by atoms with Crippen molar-refractivity contribution in [2.24, 2.45) is 0 Å². The summed E-state index contributed by atoms with van der Waals surface area (Å²) >= 11 is 1.79. The molecule has 3 aromatic heterocycles. The predicted molar refractivity (Wildman–Crippen MR) is 325 cm³/mol. The van der Waals surface area contributed by atoms with E-state index in [0.29, 0.717) is 0 Å². The second-order valence-corrected chi connectivity index (χ2v) is 23.0. The average molecular weight is 1010 g/mol. The molecular formula is C74H47N3S. The highest BCUT2D eigenvalue weighted by Gasteiger charge is 2.51. The van der Waals surface area contributed by atoms with E-state index in [9.17, 15) is 0 Å². The van der Waals surface area contributed by atoms with Gasteiger partial charge in [-0.15, -0.1) is 11.3 Å². The van der Waals surface area contributed by atoms with E-state index in [1.165, 1.54) is 93.4 Å². The lowest BCUT2D eigenvalue weighted by Gasteiger charge is -2.30. The first-order valence-electron chi connectivity index (χ1n) is 27.1. The minimum atomic E-state index is -0.455. The van der Waals surface area contributed by atoms with Crippen LogP contribution in [0.2, 0.25) is 0 Å². The molecule has 3 aliphatic rings. The van der Waals surface area contributed by atoms with Gasteiger partial charge in [0.15, 0.2) is 5.82 Å². The van der Waals surface area contributed by atoms with Crippen molar-refractivity contribution in [3.8, 4) is 84.0 Å². The highest BCUT2D eigenvalue weighted by Crippen LogP contribution is 2.63. The number of nitrogens with zero attached hydrogens (tertiary/aromatic N) is 3. The molecule has 364 valence electrons. The van der Waals surface area contributed by atoms with E-state index in [1.54, 1.807) is 11.3 Å². The van der Waals surface area contributed by atoms with Crippen molar-refractivity contribution >= 4 is 53.4 Å². The molecule has 0 N–H and O–H groups in total. The van der Waals surface area contributed by atoms with Crippen LogP contribution in [0.1, 0.15) is 47.2 Å². The first kappa shape index (κ1) is 43.7. The summed E-state index contributed by atoms with van der Waals surface area (Å²) in [6.45, 7) is 4.70. The third-order valence-corrected chi connectivity index (χ3v) is 18.8. The van der Waals surface area contributed by atoms with E-state index < -0.39 is 5.41 Å². The monoisotopic (exact) mass is 1010 g/mol. The van der Waals surface area contributed by atoms with Crippen LogP contribution in [0.3, 0.4) is 0 Å². The van der Waals surface area contributed by atoms with Crippen LogP contribution in [0.4, 0.5) is 0 Å². The van der Waals surface area contributed by atoms with E-state index in [4.69, 9.17) is 9.97 Å². The third kappa shape index (κ3) is 5.87. The van der Waals surface area contributed by atoms with Crippen LogP contribution in [0.25, 0.3) is 126 Å². The fourth-order valence-electron chi connectivity index (χ4n) is 14.2. The number of thiophene rings is 1. The van der Waals surface area contributed by atoms with Gasteiger partial charge in [-0.05, 0) is 138 Å². The van der Waals surface area contributed by atoms with Gasteiger partial charge < -0.3 is 4.57 Å². The maximum absolute atomic E-state index is 5.59. The van der Waals surface area contributed by atoms with Crippen LogP contribution in [-0.4, -0.2) is 14.5 Å². The van der Waals surface area contributed by atoms with Crippen molar-refractivity contribution < 1.29 is 0 Å². The van der Waals surface area contributed by atoms with Crippen LogP contribution in [0, 0.1) is 0 Å². The maximum atomic E-state index is 5.59. The number of rotatable bonds is 5. The Kier molecular flexibility index (Phi) is 8.99. The fourth-order valence-corrected chi connectivity index (χ4v) is 15.4. The molecule has 0 aliphatic heterocycles. The Hall–Kier alpha value is -9.48. The minimum absolute atomic E-state index is 0.138. The highest BCUT2D eigenvalue weighted by molar-refractivity contribution is 7.26. The molecule has 0 saturated heterocycles. The van der Waals surface area contributed by atoms with Gasteiger partial charge in [-0.1, -0.05) is 214 Å². The lowest BCUT2D eigenvalue weighted by Crippen LogP contribution is -2.26. The predicted octanol–water partition coefficient (Wildman–Crippen LogP) is 19.3. The summed E-state index contributed by atoms with van der Waals surface area (Å²) in [4.78, 5) is 11.1. The topological polar surface area (TPSA) is 30.7 Å². The molecule has 0 bridgehead atoms. The Morgan fingerprint density at radius 1 is 0.359 bits per heavy atom. The Morgan fingerprint density at radius 3 is 1.69 bits per heavy atom. The lowest BCUT2D eigenvalue weighted by atomic mass is 9.70. The van der Waals surface area contributed by atoms with Crippen molar-refractivity contribution in [1.29, 1.82) is 0 Å². The molecule has 3 heterocycles. The summed E-state index contributed by atoms with van der Waals surface area (Å²) in [6.07, 6.45) is 0.